The molecule has 0 fully saturated rings. The first-order valence-corrected chi connectivity index (χ1v) is 7.09. The number of aliphatic hydroxyl groups excluding tert-OH is 1. The maximum atomic E-state index is 11.2. The van der Waals surface area contributed by atoms with Crippen molar-refractivity contribution in [1.29, 1.82) is 0 Å². The number of hydrogen-bond acceptors (Lipinski definition) is 6. The Balaban J connectivity index is 3.12. The van der Waals surface area contributed by atoms with Crippen LogP contribution < -0.4 is 10.5 Å². The summed E-state index contributed by atoms with van der Waals surface area (Å²) in [5.74, 6) is -1.35. The number of aliphatic hydroxyl groups is 2. The van der Waals surface area contributed by atoms with Gasteiger partial charge in [-0.05, 0) is 25.1 Å². The van der Waals surface area contributed by atoms with Crippen LogP contribution in [-0.2, 0) is 10.0 Å². The second-order valence-corrected chi connectivity index (χ2v) is 6.13. The Hall–Kier alpha value is -1.68. The van der Waals surface area contributed by atoms with Crippen molar-refractivity contribution in [1.82, 2.24) is 0 Å². The molecule has 0 radical (unpaired) electrons. The van der Waals surface area contributed by atoms with Crippen LogP contribution in [0.2, 0.25) is 0 Å². The van der Waals surface area contributed by atoms with Crippen LogP contribution in [0.25, 0.3) is 0 Å². The number of primary sulfonamides is 1. The minimum atomic E-state index is -4.00. The Morgan fingerprint density at radius 2 is 2.05 bits per heavy atom. The molecular formula is C11H16N2O6S. The van der Waals surface area contributed by atoms with Crippen molar-refractivity contribution >= 4 is 21.7 Å². The van der Waals surface area contributed by atoms with Crippen LogP contribution in [0.4, 0.5) is 5.69 Å². The lowest BCUT2D eigenvalue weighted by Gasteiger charge is -2.22. The topological polar surface area (TPSA) is 150 Å². The van der Waals surface area contributed by atoms with E-state index in [4.69, 9.17) is 15.4 Å². The molecule has 0 aromatic heterocycles. The zero-order chi connectivity index (χ0) is 15.6. The number of anilines is 1. The highest BCUT2D eigenvalue weighted by molar-refractivity contribution is 7.89. The Labute approximate surface area is 115 Å². The van der Waals surface area contributed by atoms with E-state index in [9.17, 15) is 18.3 Å². The maximum absolute atomic E-state index is 11.2. The number of rotatable bonds is 6. The van der Waals surface area contributed by atoms with Crippen molar-refractivity contribution in [3.05, 3.63) is 23.8 Å². The number of sulfonamides is 1. The van der Waals surface area contributed by atoms with Crippen molar-refractivity contribution < 1.29 is 28.5 Å². The van der Waals surface area contributed by atoms with Gasteiger partial charge in [0.05, 0.1) is 17.1 Å². The van der Waals surface area contributed by atoms with Crippen molar-refractivity contribution in [2.24, 2.45) is 5.14 Å². The molecule has 0 saturated carbocycles. The lowest BCUT2D eigenvalue weighted by molar-refractivity contribution is 0.0132. The summed E-state index contributed by atoms with van der Waals surface area (Å²) in [7, 11) is -4.00. The number of carboxylic acids is 1. The van der Waals surface area contributed by atoms with Gasteiger partial charge in [0, 0.05) is 12.2 Å². The Kier molecular flexibility index (Phi) is 4.71. The van der Waals surface area contributed by atoms with Gasteiger partial charge in [0.2, 0.25) is 10.0 Å². The van der Waals surface area contributed by atoms with Crippen molar-refractivity contribution in [2.45, 2.75) is 17.4 Å². The molecule has 6 N–H and O–H groups in total. The Morgan fingerprint density at radius 1 is 1.45 bits per heavy atom. The molecule has 1 aromatic carbocycles. The molecule has 0 aliphatic carbocycles. The van der Waals surface area contributed by atoms with Gasteiger partial charge in [0.15, 0.2) is 0 Å². The summed E-state index contributed by atoms with van der Waals surface area (Å²) in [6.07, 6.45) is 0. The fraction of sp³-hybridized carbons (Fsp3) is 0.364. The van der Waals surface area contributed by atoms with Crippen LogP contribution in [-0.4, -0.2) is 48.5 Å². The van der Waals surface area contributed by atoms with Gasteiger partial charge in [-0.15, -0.1) is 0 Å². The molecule has 0 spiro atoms. The average Bonchev–Trinajstić information content (AvgIpc) is 2.35. The fourth-order valence-electron chi connectivity index (χ4n) is 1.37. The van der Waals surface area contributed by atoms with E-state index < -0.39 is 28.2 Å². The average molecular weight is 304 g/mol. The van der Waals surface area contributed by atoms with E-state index in [2.05, 4.69) is 5.32 Å². The summed E-state index contributed by atoms with van der Waals surface area (Å²) in [5, 5.41) is 35.1. The van der Waals surface area contributed by atoms with Gasteiger partial charge in [-0.1, -0.05) is 0 Å². The first kappa shape index (κ1) is 16.4. The molecule has 8 nitrogen and oxygen atoms in total. The van der Waals surface area contributed by atoms with E-state index in [1.807, 2.05) is 0 Å². The predicted molar refractivity (Wildman–Crippen MR) is 71.0 cm³/mol. The molecule has 1 aromatic rings. The number of hydrogen-bond donors (Lipinski definition) is 5. The number of carbonyl (C=O) groups is 1. The van der Waals surface area contributed by atoms with E-state index >= 15 is 0 Å². The number of benzene rings is 1. The number of nitrogens with two attached hydrogens (primary N) is 1. The molecule has 0 heterocycles. The number of carboxylic acid groups (broad SMARTS) is 1. The molecule has 0 amide bonds. The first-order valence-electron chi connectivity index (χ1n) is 5.54. The third-order valence-electron chi connectivity index (χ3n) is 2.55. The molecule has 0 aliphatic rings. The summed E-state index contributed by atoms with van der Waals surface area (Å²) in [5.41, 5.74) is -1.63. The normalized spacial score (nSPS) is 14.6. The van der Waals surface area contributed by atoms with Crippen LogP contribution in [0, 0.1) is 0 Å². The molecule has 1 atom stereocenters. The highest BCUT2D eigenvalue weighted by Crippen LogP contribution is 2.20. The van der Waals surface area contributed by atoms with Crippen molar-refractivity contribution in [3.8, 4) is 0 Å². The molecule has 9 heteroatoms. The second-order valence-electron chi connectivity index (χ2n) is 4.57. The van der Waals surface area contributed by atoms with Crippen LogP contribution in [0.5, 0.6) is 0 Å². The number of nitrogens with one attached hydrogen (secondary N) is 1. The molecule has 0 bridgehead atoms. The SMILES string of the molecule is CC(O)(CO)CNc1ccc(S(N)(=O)=O)cc1C(=O)O. The second kappa shape index (κ2) is 5.75. The zero-order valence-corrected chi connectivity index (χ0v) is 11.5. The third-order valence-corrected chi connectivity index (χ3v) is 3.46. The molecule has 0 aliphatic heterocycles. The van der Waals surface area contributed by atoms with Crippen LogP contribution in [0.1, 0.15) is 17.3 Å². The number of aromatic carboxylic acids is 1. The van der Waals surface area contributed by atoms with Gasteiger partial charge in [-0.3, -0.25) is 0 Å². The zero-order valence-electron chi connectivity index (χ0n) is 10.7. The summed E-state index contributed by atoms with van der Waals surface area (Å²) in [4.78, 5) is 10.8. The fourth-order valence-corrected chi connectivity index (χ4v) is 1.91. The van der Waals surface area contributed by atoms with Gasteiger partial charge in [0.1, 0.15) is 5.60 Å². The summed E-state index contributed by atoms with van der Waals surface area (Å²) < 4.78 is 22.3. The van der Waals surface area contributed by atoms with Gasteiger partial charge in [-0.25, -0.2) is 18.4 Å². The third kappa shape index (κ3) is 4.17. The standard InChI is InChI=1S/C11H16N2O6S/c1-11(17,6-14)5-13-9-3-2-7(20(12,18)19)4-8(9)10(15)16/h2-4,13-14,17H,5-6H2,1H3,(H,15,16)(H2,12,18,19). The van der Waals surface area contributed by atoms with E-state index in [1.165, 1.54) is 13.0 Å². The van der Waals surface area contributed by atoms with E-state index in [0.29, 0.717) is 0 Å². The molecule has 1 rings (SSSR count). The Bertz CT molecular complexity index is 611. The van der Waals surface area contributed by atoms with Crippen molar-refractivity contribution in [2.75, 3.05) is 18.5 Å². The maximum Gasteiger partial charge on any atom is 0.337 e. The van der Waals surface area contributed by atoms with Gasteiger partial charge < -0.3 is 20.6 Å². The lowest BCUT2D eigenvalue weighted by atomic mass is 10.1. The van der Waals surface area contributed by atoms with Gasteiger partial charge >= 0.3 is 5.97 Å². The van der Waals surface area contributed by atoms with E-state index in [0.717, 1.165) is 12.1 Å². The predicted octanol–water partition coefficient (Wildman–Crippen LogP) is -0.813. The van der Waals surface area contributed by atoms with Crippen LogP contribution >= 0.6 is 0 Å². The summed E-state index contributed by atoms with van der Waals surface area (Å²) in [6, 6.07) is 3.31. The minimum absolute atomic E-state index is 0.110. The molecule has 112 valence electrons. The quantitative estimate of drug-likeness (QED) is 0.461. The van der Waals surface area contributed by atoms with Crippen LogP contribution in [0.3, 0.4) is 0 Å². The molecular weight excluding hydrogens is 288 g/mol. The summed E-state index contributed by atoms with van der Waals surface area (Å²) in [6.45, 7) is 0.731. The molecule has 1 unspecified atom stereocenters. The first-order chi connectivity index (χ1) is 9.07. The van der Waals surface area contributed by atoms with Gasteiger partial charge in [-0.2, -0.15) is 0 Å². The largest absolute Gasteiger partial charge is 0.478 e. The van der Waals surface area contributed by atoms with Gasteiger partial charge in [0.25, 0.3) is 0 Å². The monoisotopic (exact) mass is 304 g/mol. The molecule has 20 heavy (non-hydrogen) atoms. The van der Waals surface area contributed by atoms with E-state index in [-0.39, 0.29) is 22.7 Å². The van der Waals surface area contributed by atoms with E-state index in [1.54, 1.807) is 0 Å². The highest BCUT2D eigenvalue weighted by Gasteiger charge is 2.21. The minimum Gasteiger partial charge on any atom is -0.478 e. The summed E-state index contributed by atoms with van der Waals surface area (Å²) >= 11 is 0. The van der Waals surface area contributed by atoms with Crippen LogP contribution in [0.15, 0.2) is 23.1 Å². The lowest BCUT2D eigenvalue weighted by Crippen LogP contribution is -2.37. The van der Waals surface area contributed by atoms with Crippen molar-refractivity contribution in [3.63, 3.8) is 0 Å². The highest BCUT2D eigenvalue weighted by atomic mass is 32.2. The Morgan fingerprint density at radius 3 is 2.50 bits per heavy atom. The smallest absolute Gasteiger partial charge is 0.337 e. The molecule has 0 saturated heterocycles.